The van der Waals surface area contributed by atoms with Gasteiger partial charge >= 0.3 is 0 Å². The van der Waals surface area contributed by atoms with E-state index in [4.69, 9.17) is 16.9 Å². The number of nitrogens with zero attached hydrogens (tertiary/aromatic N) is 2. The van der Waals surface area contributed by atoms with Crippen molar-refractivity contribution in [3.63, 3.8) is 0 Å². The summed E-state index contributed by atoms with van der Waals surface area (Å²) in [6, 6.07) is 7.64. The molecule has 3 nitrogen and oxygen atoms in total. The van der Waals surface area contributed by atoms with E-state index in [-0.39, 0.29) is 18.5 Å². The highest BCUT2D eigenvalue weighted by Crippen LogP contribution is 2.26. The maximum atomic E-state index is 12.6. The molecule has 1 saturated carbocycles. The summed E-state index contributed by atoms with van der Waals surface area (Å²) in [4.78, 5) is 14.3. The van der Waals surface area contributed by atoms with E-state index in [1.54, 1.807) is 23.1 Å². The molecule has 0 saturated heterocycles. The summed E-state index contributed by atoms with van der Waals surface area (Å²) in [5.74, 6) is -0.0755. The highest BCUT2D eigenvalue weighted by molar-refractivity contribution is 6.31. The van der Waals surface area contributed by atoms with Crippen molar-refractivity contribution in [2.45, 2.75) is 38.6 Å². The first kappa shape index (κ1) is 13.9. The molecule has 2 rings (SSSR count). The summed E-state index contributed by atoms with van der Waals surface area (Å²) in [5, 5.41) is 9.54. The number of hydrogen-bond acceptors (Lipinski definition) is 2. The van der Waals surface area contributed by atoms with Crippen LogP contribution in [-0.4, -0.2) is 23.4 Å². The molecule has 1 aromatic rings. The third-order valence-corrected chi connectivity index (χ3v) is 4.17. The van der Waals surface area contributed by atoms with Crippen LogP contribution < -0.4 is 0 Å². The number of rotatable bonds is 3. The second-order valence-electron chi connectivity index (χ2n) is 4.94. The molecule has 1 aliphatic carbocycles. The minimum absolute atomic E-state index is 0.0755. The van der Waals surface area contributed by atoms with Crippen molar-refractivity contribution in [2.75, 3.05) is 6.54 Å². The van der Waals surface area contributed by atoms with Crippen molar-refractivity contribution in [3.8, 4) is 6.07 Å². The van der Waals surface area contributed by atoms with Gasteiger partial charge in [0.1, 0.15) is 6.54 Å². The van der Waals surface area contributed by atoms with Gasteiger partial charge < -0.3 is 4.90 Å². The summed E-state index contributed by atoms with van der Waals surface area (Å²) in [7, 11) is 0. The smallest absolute Gasteiger partial charge is 0.255 e. The largest absolute Gasteiger partial charge is 0.322 e. The lowest BCUT2D eigenvalue weighted by Gasteiger charge is -2.27. The van der Waals surface area contributed by atoms with Gasteiger partial charge in [-0.2, -0.15) is 5.26 Å². The molecule has 0 unspecified atom stereocenters. The molecule has 0 spiro atoms. The highest BCUT2D eigenvalue weighted by Gasteiger charge is 2.28. The summed E-state index contributed by atoms with van der Waals surface area (Å²) in [5.41, 5.74) is 1.39. The van der Waals surface area contributed by atoms with Crippen molar-refractivity contribution in [3.05, 3.63) is 34.3 Å². The molecule has 0 aromatic heterocycles. The number of benzene rings is 1. The van der Waals surface area contributed by atoms with Crippen LogP contribution in [0.3, 0.4) is 0 Å². The predicted octanol–water partition coefficient (Wildman–Crippen LogP) is 3.56. The Morgan fingerprint density at radius 3 is 2.79 bits per heavy atom. The molecule has 0 radical (unpaired) electrons. The molecule has 4 heteroatoms. The Kier molecular flexibility index (Phi) is 4.44. The van der Waals surface area contributed by atoms with E-state index in [1.807, 2.05) is 6.92 Å². The van der Waals surface area contributed by atoms with E-state index in [2.05, 4.69) is 6.07 Å². The lowest BCUT2D eigenvalue weighted by Crippen LogP contribution is -2.39. The maximum absolute atomic E-state index is 12.6. The molecule has 0 N–H and O–H groups in total. The summed E-state index contributed by atoms with van der Waals surface area (Å²) < 4.78 is 0. The van der Waals surface area contributed by atoms with Gasteiger partial charge in [-0.25, -0.2) is 0 Å². The van der Waals surface area contributed by atoms with Gasteiger partial charge in [0.15, 0.2) is 0 Å². The van der Waals surface area contributed by atoms with Crippen LogP contribution in [0.5, 0.6) is 0 Å². The Morgan fingerprint density at radius 1 is 1.47 bits per heavy atom. The van der Waals surface area contributed by atoms with Crippen LogP contribution in [0.4, 0.5) is 0 Å². The van der Waals surface area contributed by atoms with E-state index in [9.17, 15) is 4.79 Å². The van der Waals surface area contributed by atoms with Gasteiger partial charge in [-0.05, 0) is 37.5 Å². The fourth-order valence-corrected chi connectivity index (χ4v) is 2.83. The molecule has 1 amide bonds. The normalized spacial score (nSPS) is 15.2. The SMILES string of the molecule is Cc1c(Cl)cccc1C(=O)N(CC#N)C1CCCC1. The lowest BCUT2D eigenvalue weighted by molar-refractivity contribution is 0.0708. The van der Waals surface area contributed by atoms with Gasteiger partial charge in [-0.3, -0.25) is 4.79 Å². The van der Waals surface area contributed by atoms with Crippen molar-refractivity contribution < 1.29 is 4.79 Å². The average molecular weight is 277 g/mol. The summed E-state index contributed by atoms with van der Waals surface area (Å²) in [6.45, 7) is 1.99. The van der Waals surface area contributed by atoms with Gasteiger partial charge in [0.25, 0.3) is 5.91 Å². The molecule has 1 fully saturated rings. The van der Waals surface area contributed by atoms with E-state index in [1.165, 1.54) is 0 Å². The Hall–Kier alpha value is -1.53. The Bertz CT molecular complexity index is 515. The quantitative estimate of drug-likeness (QED) is 0.793. The minimum atomic E-state index is -0.0755. The van der Waals surface area contributed by atoms with E-state index < -0.39 is 0 Å². The van der Waals surface area contributed by atoms with E-state index >= 15 is 0 Å². The number of amides is 1. The molecular weight excluding hydrogens is 260 g/mol. The van der Waals surface area contributed by atoms with Crippen LogP contribution >= 0.6 is 11.6 Å². The fraction of sp³-hybridized carbons (Fsp3) is 0.467. The minimum Gasteiger partial charge on any atom is -0.322 e. The summed E-state index contributed by atoms with van der Waals surface area (Å²) >= 11 is 6.06. The van der Waals surface area contributed by atoms with Crippen LogP contribution in [0.1, 0.15) is 41.6 Å². The molecule has 0 atom stereocenters. The topological polar surface area (TPSA) is 44.1 Å². The zero-order valence-corrected chi connectivity index (χ0v) is 11.8. The molecule has 0 aliphatic heterocycles. The van der Waals surface area contributed by atoms with Crippen molar-refractivity contribution >= 4 is 17.5 Å². The number of carbonyl (C=O) groups is 1. The zero-order valence-electron chi connectivity index (χ0n) is 11.0. The first-order valence-corrected chi connectivity index (χ1v) is 6.96. The zero-order chi connectivity index (χ0) is 13.8. The molecule has 0 bridgehead atoms. The molecule has 19 heavy (non-hydrogen) atoms. The third kappa shape index (κ3) is 2.90. The van der Waals surface area contributed by atoms with Crippen molar-refractivity contribution in [2.24, 2.45) is 0 Å². The second-order valence-corrected chi connectivity index (χ2v) is 5.35. The van der Waals surface area contributed by atoms with E-state index in [0.29, 0.717) is 10.6 Å². The maximum Gasteiger partial charge on any atom is 0.255 e. The second kappa shape index (κ2) is 6.08. The highest BCUT2D eigenvalue weighted by atomic mass is 35.5. The van der Waals surface area contributed by atoms with Crippen LogP contribution in [0.25, 0.3) is 0 Å². The molecule has 1 aliphatic rings. The third-order valence-electron chi connectivity index (χ3n) is 3.77. The van der Waals surface area contributed by atoms with Gasteiger partial charge in [-0.1, -0.05) is 30.5 Å². The predicted molar refractivity (Wildman–Crippen MR) is 75.1 cm³/mol. The first-order valence-electron chi connectivity index (χ1n) is 6.58. The average Bonchev–Trinajstić information content (AvgIpc) is 2.92. The number of carbonyl (C=O) groups excluding carboxylic acids is 1. The molecule has 0 heterocycles. The summed E-state index contributed by atoms with van der Waals surface area (Å²) in [6.07, 6.45) is 4.25. The molecular formula is C15H17ClN2O. The van der Waals surface area contributed by atoms with Crippen molar-refractivity contribution in [1.82, 2.24) is 4.90 Å². The molecule has 100 valence electrons. The Balaban J connectivity index is 2.28. The van der Waals surface area contributed by atoms with Gasteiger partial charge in [0, 0.05) is 16.6 Å². The number of halogens is 1. The van der Waals surface area contributed by atoms with Crippen LogP contribution in [0.15, 0.2) is 18.2 Å². The van der Waals surface area contributed by atoms with E-state index in [0.717, 1.165) is 31.2 Å². The van der Waals surface area contributed by atoms with Crippen LogP contribution in [0, 0.1) is 18.3 Å². The van der Waals surface area contributed by atoms with Gasteiger partial charge in [0.2, 0.25) is 0 Å². The van der Waals surface area contributed by atoms with Gasteiger partial charge in [-0.15, -0.1) is 0 Å². The van der Waals surface area contributed by atoms with Crippen LogP contribution in [-0.2, 0) is 0 Å². The number of nitriles is 1. The first-order chi connectivity index (χ1) is 9.15. The molecule has 1 aromatic carbocycles. The standard InChI is InChI=1S/C15H17ClN2O/c1-11-13(7-4-8-14(11)16)15(19)18(10-9-17)12-5-2-3-6-12/h4,7-8,12H,2-3,5-6,10H2,1H3. The van der Waals surface area contributed by atoms with Crippen molar-refractivity contribution in [1.29, 1.82) is 5.26 Å². The lowest BCUT2D eigenvalue weighted by atomic mass is 10.1. The van der Waals surface area contributed by atoms with Gasteiger partial charge in [0.05, 0.1) is 6.07 Å². The Morgan fingerprint density at radius 2 is 2.16 bits per heavy atom. The Labute approximate surface area is 118 Å². The van der Waals surface area contributed by atoms with Crippen LogP contribution in [0.2, 0.25) is 5.02 Å². The number of hydrogen-bond donors (Lipinski definition) is 0. The fourth-order valence-electron chi connectivity index (χ4n) is 2.65. The monoisotopic (exact) mass is 276 g/mol.